The van der Waals surface area contributed by atoms with E-state index in [-0.39, 0.29) is 30.0 Å². The largest absolute Gasteiger partial charge is 0.488 e. The Hall–Kier alpha value is -2.84. The predicted octanol–water partition coefficient (Wildman–Crippen LogP) is 6.60. The van der Waals surface area contributed by atoms with Crippen LogP contribution in [-0.4, -0.2) is 17.1 Å². The number of carboxylic acid groups (broad SMARTS) is 1. The molecule has 0 radical (unpaired) electrons. The predicted molar refractivity (Wildman–Crippen MR) is 128 cm³/mol. The molecule has 0 aliphatic heterocycles. The molecule has 2 aliphatic carbocycles. The van der Waals surface area contributed by atoms with Crippen molar-refractivity contribution in [3.8, 4) is 16.9 Å². The zero-order valence-corrected chi connectivity index (χ0v) is 19.7. The van der Waals surface area contributed by atoms with Gasteiger partial charge in [-0.1, -0.05) is 42.5 Å². The van der Waals surface area contributed by atoms with Crippen LogP contribution in [0.5, 0.6) is 5.75 Å². The van der Waals surface area contributed by atoms with Gasteiger partial charge in [0.05, 0.1) is 5.92 Å². The van der Waals surface area contributed by atoms with Gasteiger partial charge in [-0.25, -0.2) is 0 Å². The Bertz CT molecular complexity index is 1180. The monoisotopic (exact) mass is 501 g/mol. The number of aliphatic carboxylic acids is 1. The number of fused-ring (bicyclic) bond motifs is 2. The zero-order chi connectivity index (χ0) is 24.6. The van der Waals surface area contributed by atoms with Crippen molar-refractivity contribution in [1.82, 2.24) is 5.32 Å². The highest BCUT2D eigenvalue weighted by Gasteiger charge is 2.50. The number of nitrogens with one attached hydrogen (secondary N) is 1. The van der Waals surface area contributed by atoms with Crippen LogP contribution in [0.3, 0.4) is 0 Å². The molecule has 3 aromatic rings. The zero-order valence-electron chi connectivity index (χ0n) is 18.9. The lowest BCUT2D eigenvalue weighted by Gasteiger charge is -2.29. The third kappa shape index (κ3) is 5.09. The maximum atomic E-state index is 13.6. The second-order valence-corrected chi connectivity index (χ2v) is 10.5. The summed E-state index contributed by atoms with van der Waals surface area (Å²) in [5, 5.41) is 13.1. The summed E-state index contributed by atoms with van der Waals surface area (Å²) >= 11 is 0.706. The third-order valence-electron chi connectivity index (χ3n) is 7.17. The minimum Gasteiger partial charge on any atom is -0.488 e. The lowest BCUT2D eigenvalue weighted by Crippen LogP contribution is -2.43. The summed E-state index contributed by atoms with van der Waals surface area (Å²) in [7, 11) is 0. The van der Waals surface area contributed by atoms with Gasteiger partial charge in [0.15, 0.2) is 0 Å². The van der Waals surface area contributed by atoms with Crippen molar-refractivity contribution in [3.05, 3.63) is 76.0 Å². The van der Waals surface area contributed by atoms with Gasteiger partial charge in [0.1, 0.15) is 17.2 Å². The molecule has 1 aromatic heterocycles. The second kappa shape index (κ2) is 9.66. The summed E-state index contributed by atoms with van der Waals surface area (Å²) in [6.07, 6.45) is -1.34. The molecule has 2 N–H and O–H groups in total. The average molecular weight is 502 g/mol. The molecule has 2 fully saturated rings. The molecular formula is C27H26F3NO3S. The molecule has 1 unspecified atom stereocenters. The maximum Gasteiger partial charge on any atom is 0.426 e. The first kappa shape index (κ1) is 23.9. The van der Waals surface area contributed by atoms with Gasteiger partial charge in [0.25, 0.3) is 0 Å². The molecule has 2 aliphatic rings. The normalized spacial score (nSPS) is 23.5. The minimum atomic E-state index is -4.43. The summed E-state index contributed by atoms with van der Waals surface area (Å²) in [4.78, 5) is 11.6. The van der Waals surface area contributed by atoms with Crippen molar-refractivity contribution in [2.75, 3.05) is 0 Å². The van der Waals surface area contributed by atoms with E-state index in [1.807, 2.05) is 12.1 Å². The van der Waals surface area contributed by atoms with E-state index >= 15 is 0 Å². The van der Waals surface area contributed by atoms with Gasteiger partial charge >= 0.3 is 12.1 Å². The molecule has 0 spiro atoms. The number of hydrogen-bond donors (Lipinski definition) is 2. The Kier molecular flexibility index (Phi) is 6.59. The molecule has 4 nitrogen and oxygen atoms in total. The van der Waals surface area contributed by atoms with Crippen molar-refractivity contribution in [2.45, 2.75) is 44.6 Å². The maximum absolute atomic E-state index is 13.6. The number of alkyl halides is 3. The molecule has 0 saturated heterocycles. The lowest BCUT2D eigenvalue weighted by molar-refractivity contribution is -0.144. The lowest BCUT2D eigenvalue weighted by atomic mass is 9.84. The first-order valence-electron chi connectivity index (χ1n) is 11.7. The van der Waals surface area contributed by atoms with E-state index in [0.717, 1.165) is 24.8 Å². The number of benzene rings is 2. The van der Waals surface area contributed by atoms with Crippen LogP contribution >= 0.6 is 11.3 Å². The Morgan fingerprint density at radius 2 is 1.77 bits per heavy atom. The van der Waals surface area contributed by atoms with Crippen molar-refractivity contribution in [1.29, 1.82) is 0 Å². The van der Waals surface area contributed by atoms with Gasteiger partial charge in [-0.05, 0) is 60.4 Å². The van der Waals surface area contributed by atoms with E-state index in [0.29, 0.717) is 40.0 Å². The minimum absolute atomic E-state index is 0.00245. The number of carbonyl (C=O) groups is 1. The van der Waals surface area contributed by atoms with Crippen LogP contribution in [0, 0.1) is 17.8 Å². The summed E-state index contributed by atoms with van der Waals surface area (Å²) in [5.41, 5.74) is 1.70. The summed E-state index contributed by atoms with van der Waals surface area (Å²) in [6.45, 7) is 0.613. The highest BCUT2D eigenvalue weighted by atomic mass is 32.1. The quantitative estimate of drug-likeness (QED) is 0.365. The van der Waals surface area contributed by atoms with E-state index in [1.54, 1.807) is 48.5 Å². The smallest absolute Gasteiger partial charge is 0.426 e. The fourth-order valence-electron chi connectivity index (χ4n) is 5.59. The standard InChI is InChI=1S/C27H26F3NO3S/c28-27(29,30)25-22(17-4-2-1-3-5-17)13-21(35-25)15-34-20-10-6-16(7-11-20)14-31-24-19-9-8-18(12-19)23(24)26(32)33/h1-7,10-11,13,18-19,23-24,31H,8-9,12,14-15H2,(H,32,33)/t18?,19-,23-,24+/m1/s1. The number of hydrogen-bond acceptors (Lipinski definition) is 4. The topological polar surface area (TPSA) is 58.6 Å². The first-order valence-corrected chi connectivity index (χ1v) is 12.5. The van der Waals surface area contributed by atoms with Gasteiger partial charge in [0, 0.05) is 23.0 Å². The Morgan fingerprint density at radius 1 is 1.06 bits per heavy atom. The van der Waals surface area contributed by atoms with Crippen molar-refractivity contribution in [2.24, 2.45) is 17.8 Å². The Balaban J connectivity index is 1.21. The number of ether oxygens (including phenoxy) is 1. The molecule has 5 rings (SSSR count). The fraction of sp³-hybridized carbons (Fsp3) is 0.370. The molecule has 1 heterocycles. The van der Waals surface area contributed by atoms with Crippen molar-refractivity contribution >= 4 is 17.3 Å². The third-order valence-corrected chi connectivity index (χ3v) is 8.33. The van der Waals surface area contributed by atoms with Gasteiger partial charge in [-0.2, -0.15) is 13.2 Å². The van der Waals surface area contributed by atoms with Gasteiger partial charge in [-0.3, -0.25) is 4.79 Å². The van der Waals surface area contributed by atoms with Crippen LogP contribution < -0.4 is 10.1 Å². The van der Waals surface area contributed by atoms with Gasteiger partial charge in [-0.15, -0.1) is 11.3 Å². The average Bonchev–Trinajstić information content (AvgIpc) is 3.57. The van der Waals surface area contributed by atoms with Crippen molar-refractivity contribution < 1.29 is 27.8 Å². The molecule has 2 saturated carbocycles. The molecule has 8 heteroatoms. The molecule has 0 amide bonds. The second-order valence-electron chi connectivity index (χ2n) is 9.36. The van der Waals surface area contributed by atoms with Crippen LogP contribution in [0.2, 0.25) is 0 Å². The first-order chi connectivity index (χ1) is 16.8. The Morgan fingerprint density at radius 3 is 2.46 bits per heavy atom. The van der Waals surface area contributed by atoms with E-state index < -0.39 is 17.0 Å². The molecule has 2 aromatic carbocycles. The fourth-order valence-corrected chi connectivity index (χ4v) is 6.55. The van der Waals surface area contributed by atoms with E-state index in [2.05, 4.69) is 5.32 Å². The molecule has 2 bridgehead atoms. The number of rotatable bonds is 8. The highest BCUT2D eigenvalue weighted by Crippen LogP contribution is 2.48. The molecular weight excluding hydrogens is 475 g/mol. The van der Waals surface area contributed by atoms with Crippen LogP contribution in [0.4, 0.5) is 13.2 Å². The highest BCUT2D eigenvalue weighted by molar-refractivity contribution is 7.12. The molecule has 35 heavy (non-hydrogen) atoms. The summed E-state index contributed by atoms with van der Waals surface area (Å²) < 4.78 is 46.5. The SMILES string of the molecule is O=C(O)[C@@H]1C2CC[C@H](C2)[C@@H]1NCc1ccc(OCc2cc(-c3ccccc3)c(C(F)(F)F)s2)cc1. The number of halogens is 3. The van der Waals surface area contributed by atoms with Gasteiger partial charge in [0.2, 0.25) is 0 Å². The number of carboxylic acids is 1. The van der Waals surface area contributed by atoms with Crippen LogP contribution in [-0.2, 0) is 24.1 Å². The Labute approximate surface area is 205 Å². The molecule has 184 valence electrons. The van der Waals surface area contributed by atoms with E-state index in [1.165, 1.54) is 0 Å². The summed E-state index contributed by atoms with van der Waals surface area (Å²) in [6, 6.07) is 17.5. The van der Waals surface area contributed by atoms with E-state index in [4.69, 9.17) is 4.74 Å². The summed E-state index contributed by atoms with van der Waals surface area (Å²) in [5.74, 6) is 0.251. The van der Waals surface area contributed by atoms with Crippen molar-refractivity contribution in [3.63, 3.8) is 0 Å². The van der Waals surface area contributed by atoms with Gasteiger partial charge < -0.3 is 15.2 Å². The van der Waals surface area contributed by atoms with Crippen LogP contribution in [0.25, 0.3) is 11.1 Å². The molecule has 4 atom stereocenters. The van der Waals surface area contributed by atoms with Crippen LogP contribution in [0.1, 0.15) is 34.6 Å². The van der Waals surface area contributed by atoms with E-state index in [9.17, 15) is 23.1 Å². The number of thiophene rings is 1. The van der Waals surface area contributed by atoms with Crippen LogP contribution in [0.15, 0.2) is 60.7 Å².